The van der Waals surface area contributed by atoms with E-state index in [0.29, 0.717) is 0 Å². The molecule has 1 aliphatic rings. The van der Waals surface area contributed by atoms with Gasteiger partial charge in [-0.2, -0.15) is 0 Å². The Morgan fingerprint density at radius 2 is 2.14 bits per heavy atom. The van der Waals surface area contributed by atoms with Crippen LogP contribution in [0, 0.1) is 0 Å². The Hall–Kier alpha value is -1.71. The van der Waals surface area contributed by atoms with E-state index in [-0.39, 0.29) is 11.9 Å². The van der Waals surface area contributed by atoms with Gasteiger partial charge in [0.1, 0.15) is 11.8 Å². The summed E-state index contributed by atoms with van der Waals surface area (Å²) >= 11 is 0. The van der Waals surface area contributed by atoms with Crippen LogP contribution in [0.1, 0.15) is 6.92 Å². The largest absolute Gasteiger partial charge is 0.497 e. The molecule has 0 saturated heterocycles. The lowest BCUT2D eigenvalue weighted by atomic mass is 10.1. The third-order valence-corrected chi connectivity index (χ3v) is 2.25. The normalized spacial score (nSPS) is 19.3. The van der Waals surface area contributed by atoms with Crippen LogP contribution < -0.4 is 15.4 Å². The summed E-state index contributed by atoms with van der Waals surface area (Å²) in [7, 11) is 1.62. The number of carbonyl (C=O) groups excluding carboxylic acids is 1. The molecule has 0 fully saturated rings. The molecule has 1 aromatic rings. The first-order valence-electron chi connectivity index (χ1n) is 4.46. The van der Waals surface area contributed by atoms with E-state index >= 15 is 0 Å². The average molecular weight is 192 g/mol. The standard InChI is InChI=1S/C10H12N2O2/c1-6-10(13)12-8-4-3-7(14-2)5-9(8)11-6/h3-6,11H,1-2H3,(H,12,13)/t6-/m0/s1. The summed E-state index contributed by atoms with van der Waals surface area (Å²) in [4.78, 5) is 11.3. The molecule has 4 heteroatoms. The molecule has 0 saturated carbocycles. The molecular weight excluding hydrogens is 180 g/mol. The zero-order valence-electron chi connectivity index (χ0n) is 8.13. The van der Waals surface area contributed by atoms with Gasteiger partial charge in [-0.05, 0) is 19.1 Å². The molecule has 0 bridgehead atoms. The van der Waals surface area contributed by atoms with Crippen molar-refractivity contribution in [2.24, 2.45) is 0 Å². The minimum absolute atomic E-state index is 0.0114. The predicted molar refractivity (Wildman–Crippen MR) is 54.7 cm³/mol. The molecule has 4 nitrogen and oxygen atoms in total. The molecule has 1 aromatic carbocycles. The Kier molecular flexibility index (Phi) is 2.04. The quantitative estimate of drug-likeness (QED) is 0.708. The van der Waals surface area contributed by atoms with Gasteiger partial charge in [-0.3, -0.25) is 4.79 Å². The van der Waals surface area contributed by atoms with Crippen molar-refractivity contribution < 1.29 is 9.53 Å². The second kappa shape index (κ2) is 3.21. The van der Waals surface area contributed by atoms with Crippen molar-refractivity contribution in [3.63, 3.8) is 0 Å². The van der Waals surface area contributed by atoms with E-state index in [1.54, 1.807) is 7.11 Å². The highest BCUT2D eigenvalue weighted by Gasteiger charge is 2.21. The first kappa shape index (κ1) is 8.87. The van der Waals surface area contributed by atoms with Gasteiger partial charge < -0.3 is 15.4 Å². The number of anilines is 2. The fourth-order valence-corrected chi connectivity index (χ4v) is 1.42. The van der Waals surface area contributed by atoms with Crippen molar-refractivity contribution in [3.05, 3.63) is 18.2 Å². The van der Waals surface area contributed by atoms with Gasteiger partial charge in [0, 0.05) is 6.07 Å². The molecular formula is C10H12N2O2. The van der Waals surface area contributed by atoms with Crippen LogP contribution in [0.2, 0.25) is 0 Å². The fourth-order valence-electron chi connectivity index (χ4n) is 1.42. The molecule has 2 rings (SSSR count). The van der Waals surface area contributed by atoms with Gasteiger partial charge in [0.25, 0.3) is 0 Å². The molecule has 14 heavy (non-hydrogen) atoms. The van der Waals surface area contributed by atoms with Gasteiger partial charge in [-0.1, -0.05) is 0 Å². The summed E-state index contributed by atoms with van der Waals surface area (Å²) in [6, 6.07) is 5.31. The van der Waals surface area contributed by atoms with Gasteiger partial charge in [-0.25, -0.2) is 0 Å². The summed E-state index contributed by atoms with van der Waals surface area (Å²) < 4.78 is 5.09. The van der Waals surface area contributed by atoms with Crippen molar-refractivity contribution in [2.45, 2.75) is 13.0 Å². The lowest BCUT2D eigenvalue weighted by Crippen LogP contribution is -2.36. The minimum Gasteiger partial charge on any atom is -0.497 e. The lowest BCUT2D eigenvalue weighted by molar-refractivity contribution is -0.116. The van der Waals surface area contributed by atoms with E-state index in [0.717, 1.165) is 17.1 Å². The molecule has 0 aliphatic carbocycles. The van der Waals surface area contributed by atoms with E-state index in [1.807, 2.05) is 25.1 Å². The van der Waals surface area contributed by atoms with Crippen molar-refractivity contribution in [2.75, 3.05) is 17.7 Å². The highest BCUT2D eigenvalue weighted by molar-refractivity contribution is 6.02. The van der Waals surface area contributed by atoms with Crippen LogP contribution >= 0.6 is 0 Å². The monoisotopic (exact) mass is 192 g/mol. The van der Waals surface area contributed by atoms with Crippen LogP contribution in [0.4, 0.5) is 11.4 Å². The average Bonchev–Trinajstić information content (AvgIpc) is 2.19. The molecule has 0 unspecified atom stereocenters. The third-order valence-electron chi connectivity index (χ3n) is 2.25. The zero-order valence-corrected chi connectivity index (χ0v) is 8.13. The predicted octanol–water partition coefficient (Wildman–Crippen LogP) is 1.45. The number of amides is 1. The SMILES string of the molecule is COc1ccc2c(c1)N[C@@H](C)C(=O)N2. The minimum atomic E-state index is -0.199. The van der Waals surface area contributed by atoms with E-state index in [2.05, 4.69) is 10.6 Å². The van der Waals surface area contributed by atoms with Gasteiger partial charge >= 0.3 is 0 Å². The number of methoxy groups -OCH3 is 1. The molecule has 74 valence electrons. The van der Waals surface area contributed by atoms with Gasteiger partial charge in [0.2, 0.25) is 5.91 Å². The number of nitrogens with one attached hydrogen (secondary N) is 2. The van der Waals surface area contributed by atoms with Crippen LogP contribution in [0.5, 0.6) is 5.75 Å². The molecule has 2 N–H and O–H groups in total. The molecule has 1 atom stereocenters. The Morgan fingerprint density at radius 1 is 1.36 bits per heavy atom. The van der Waals surface area contributed by atoms with Crippen LogP contribution in [-0.2, 0) is 4.79 Å². The Bertz CT molecular complexity index is 376. The molecule has 1 heterocycles. The van der Waals surface area contributed by atoms with E-state index in [4.69, 9.17) is 4.74 Å². The number of carbonyl (C=O) groups is 1. The Morgan fingerprint density at radius 3 is 2.86 bits per heavy atom. The van der Waals surface area contributed by atoms with E-state index < -0.39 is 0 Å². The number of hydrogen-bond donors (Lipinski definition) is 2. The first-order chi connectivity index (χ1) is 6.70. The summed E-state index contributed by atoms with van der Waals surface area (Å²) in [6.45, 7) is 1.82. The number of fused-ring (bicyclic) bond motifs is 1. The number of hydrogen-bond acceptors (Lipinski definition) is 3. The van der Waals surface area contributed by atoms with Crippen LogP contribution in [0.25, 0.3) is 0 Å². The summed E-state index contributed by atoms with van der Waals surface area (Å²) in [5.41, 5.74) is 1.70. The molecule has 0 radical (unpaired) electrons. The number of rotatable bonds is 1. The molecule has 0 aromatic heterocycles. The summed E-state index contributed by atoms with van der Waals surface area (Å²) in [5, 5.41) is 5.90. The zero-order chi connectivity index (χ0) is 10.1. The van der Waals surface area contributed by atoms with Gasteiger partial charge in [0.15, 0.2) is 0 Å². The number of ether oxygens (including phenoxy) is 1. The third kappa shape index (κ3) is 1.39. The smallest absolute Gasteiger partial charge is 0.246 e. The van der Waals surface area contributed by atoms with E-state index in [1.165, 1.54) is 0 Å². The lowest BCUT2D eigenvalue weighted by Gasteiger charge is -2.24. The highest BCUT2D eigenvalue weighted by Crippen LogP contribution is 2.30. The molecule has 1 aliphatic heterocycles. The molecule has 1 amide bonds. The summed E-state index contributed by atoms with van der Waals surface area (Å²) in [6.07, 6.45) is 0. The Balaban J connectivity index is 2.37. The maximum Gasteiger partial charge on any atom is 0.246 e. The molecule has 0 spiro atoms. The highest BCUT2D eigenvalue weighted by atomic mass is 16.5. The maximum atomic E-state index is 11.3. The van der Waals surface area contributed by atoms with Gasteiger partial charge in [0.05, 0.1) is 18.5 Å². The Labute approximate surface area is 82.3 Å². The second-order valence-electron chi connectivity index (χ2n) is 3.27. The van der Waals surface area contributed by atoms with Crippen molar-refractivity contribution >= 4 is 17.3 Å². The van der Waals surface area contributed by atoms with Gasteiger partial charge in [-0.15, -0.1) is 0 Å². The van der Waals surface area contributed by atoms with Crippen molar-refractivity contribution in [3.8, 4) is 5.75 Å². The maximum absolute atomic E-state index is 11.3. The second-order valence-corrected chi connectivity index (χ2v) is 3.27. The topological polar surface area (TPSA) is 50.4 Å². The van der Waals surface area contributed by atoms with Crippen molar-refractivity contribution in [1.82, 2.24) is 0 Å². The summed E-state index contributed by atoms with van der Waals surface area (Å²) in [5.74, 6) is 0.766. The van der Waals surface area contributed by atoms with Crippen LogP contribution in [-0.4, -0.2) is 19.1 Å². The van der Waals surface area contributed by atoms with Crippen molar-refractivity contribution in [1.29, 1.82) is 0 Å². The fraction of sp³-hybridized carbons (Fsp3) is 0.300. The number of benzene rings is 1. The van der Waals surface area contributed by atoms with E-state index in [9.17, 15) is 4.79 Å². The van der Waals surface area contributed by atoms with Crippen LogP contribution in [0.15, 0.2) is 18.2 Å². The van der Waals surface area contributed by atoms with Crippen LogP contribution in [0.3, 0.4) is 0 Å². The first-order valence-corrected chi connectivity index (χ1v) is 4.46.